The Morgan fingerprint density at radius 2 is 2.05 bits per heavy atom. The molecule has 1 aliphatic heterocycles. The van der Waals surface area contributed by atoms with Crippen LogP contribution in [0.25, 0.3) is 10.9 Å². The van der Waals surface area contributed by atoms with Gasteiger partial charge in [0.25, 0.3) is 0 Å². The molecular formula is C28H32FN3O5. The van der Waals surface area contributed by atoms with Crippen LogP contribution >= 0.6 is 0 Å². The van der Waals surface area contributed by atoms with Crippen molar-refractivity contribution in [1.82, 2.24) is 9.55 Å². The Morgan fingerprint density at radius 3 is 2.78 bits per heavy atom. The molecule has 1 saturated carbocycles. The Balaban J connectivity index is 1.52. The fourth-order valence-corrected chi connectivity index (χ4v) is 5.47. The van der Waals surface area contributed by atoms with Gasteiger partial charge in [-0.25, -0.2) is 14.2 Å². The van der Waals surface area contributed by atoms with Gasteiger partial charge in [-0.05, 0) is 56.7 Å². The van der Waals surface area contributed by atoms with E-state index in [4.69, 9.17) is 14.2 Å². The molecule has 0 radical (unpaired) electrons. The van der Waals surface area contributed by atoms with Gasteiger partial charge in [0.05, 0.1) is 23.9 Å². The van der Waals surface area contributed by atoms with Crippen LogP contribution in [0.3, 0.4) is 0 Å². The van der Waals surface area contributed by atoms with Crippen molar-refractivity contribution in [2.24, 2.45) is 5.92 Å². The molecule has 3 aromatic rings. The molecule has 1 atom stereocenters. The van der Waals surface area contributed by atoms with Crippen LogP contribution < -0.4 is 15.1 Å². The average Bonchev–Trinajstić information content (AvgIpc) is 3.34. The molecule has 196 valence electrons. The number of anilines is 1. The number of nitrogens with zero attached hydrogens (tertiary/aromatic N) is 3. The molecule has 0 spiro atoms. The summed E-state index contributed by atoms with van der Waals surface area (Å²) in [5.41, 5.74) is 0.468. The normalized spacial score (nSPS) is 21.2. The Labute approximate surface area is 215 Å². The summed E-state index contributed by atoms with van der Waals surface area (Å²) in [6.07, 6.45) is 6.73. The number of halogens is 1. The number of hydrogen-bond donors (Lipinski definition) is 0. The predicted molar refractivity (Wildman–Crippen MR) is 138 cm³/mol. The summed E-state index contributed by atoms with van der Waals surface area (Å²) in [5.74, 6) is -0.245. The van der Waals surface area contributed by atoms with Crippen LogP contribution in [0.1, 0.15) is 49.0 Å². The number of carbonyl (C=O) groups excluding carboxylic acids is 1. The van der Waals surface area contributed by atoms with E-state index in [0.717, 1.165) is 25.7 Å². The second-order valence-corrected chi connectivity index (χ2v) is 9.74. The summed E-state index contributed by atoms with van der Waals surface area (Å²) in [5, 5.41) is 0.183. The Morgan fingerprint density at radius 1 is 1.22 bits per heavy atom. The lowest BCUT2D eigenvalue weighted by Crippen LogP contribution is -2.35. The van der Waals surface area contributed by atoms with Gasteiger partial charge in [-0.2, -0.15) is 0 Å². The molecule has 0 amide bonds. The number of rotatable bonds is 9. The Kier molecular flexibility index (Phi) is 7.41. The molecule has 3 heterocycles. The first-order valence-electron chi connectivity index (χ1n) is 12.8. The van der Waals surface area contributed by atoms with Crippen molar-refractivity contribution < 1.29 is 23.4 Å². The average molecular weight is 510 g/mol. The number of esters is 1. The molecule has 1 saturated heterocycles. The molecule has 0 N–H and O–H groups in total. The minimum absolute atomic E-state index is 0.0253. The van der Waals surface area contributed by atoms with Crippen LogP contribution in [0.5, 0.6) is 5.88 Å². The zero-order valence-electron chi connectivity index (χ0n) is 21.2. The highest BCUT2D eigenvalue weighted by Gasteiger charge is 2.33. The van der Waals surface area contributed by atoms with Gasteiger partial charge in [-0.1, -0.05) is 6.07 Å². The maximum absolute atomic E-state index is 15.6. The highest BCUT2D eigenvalue weighted by atomic mass is 19.1. The second kappa shape index (κ2) is 10.9. The minimum Gasteiger partial charge on any atom is -0.475 e. The van der Waals surface area contributed by atoms with Crippen molar-refractivity contribution in [1.29, 1.82) is 0 Å². The number of pyridine rings is 2. The second-order valence-electron chi connectivity index (χ2n) is 9.74. The van der Waals surface area contributed by atoms with E-state index in [1.54, 1.807) is 38.6 Å². The lowest BCUT2D eigenvalue weighted by Gasteiger charge is -2.38. The maximum Gasteiger partial charge on any atom is 0.343 e. The molecule has 9 heteroatoms. The first kappa shape index (κ1) is 25.2. The number of fused-ring (bicyclic) bond motifs is 1. The monoisotopic (exact) mass is 509 g/mol. The third-order valence-corrected chi connectivity index (χ3v) is 7.35. The van der Waals surface area contributed by atoms with Crippen LogP contribution in [-0.4, -0.2) is 55.0 Å². The molecule has 2 aromatic heterocycles. The van der Waals surface area contributed by atoms with E-state index in [1.807, 2.05) is 21.6 Å². The molecular weight excluding hydrogens is 477 g/mol. The lowest BCUT2D eigenvalue weighted by atomic mass is 9.80. The highest BCUT2D eigenvalue weighted by Crippen LogP contribution is 2.40. The summed E-state index contributed by atoms with van der Waals surface area (Å²) in [7, 11) is 1.68. The van der Waals surface area contributed by atoms with Crippen molar-refractivity contribution in [2.75, 3.05) is 38.4 Å². The van der Waals surface area contributed by atoms with Gasteiger partial charge in [0.2, 0.25) is 11.3 Å². The maximum atomic E-state index is 15.6. The highest BCUT2D eigenvalue weighted by molar-refractivity contribution is 5.94. The van der Waals surface area contributed by atoms with Gasteiger partial charge in [-0.15, -0.1) is 0 Å². The first-order valence-corrected chi connectivity index (χ1v) is 12.8. The number of benzene rings is 1. The van der Waals surface area contributed by atoms with Gasteiger partial charge >= 0.3 is 5.97 Å². The van der Waals surface area contributed by atoms with Gasteiger partial charge in [0, 0.05) is 50.1 Å². The SMILES string of the molecule is CCOC(=O)c1cn(C2CC(COC)C2)c2cc(N3CCC[C@@H]3COc3ccccn3)c(F)cc2c1=O. The molecule has 2 aliphatic rings. The van der Waals surface area contributed by atoms with Crippen LogP contribution in [-0.2, 0) is 9.47 Å². The van der Waals surface area contributed by atoms with Crippen LogP contribution in [0.15, 0.2) is 47.5 Å². The topological polar surface area (TPSA) is 82.9 Å². The number of carbonyl (C=O) groups is 1. The zero-order chi connectivity index (χ0) is 25.9. The smallest absolute Gasteiger partial charge is 0.343 e. The molecule has 1 aliphatic carbocycles. The molecule has 0 bridgehead atoms. The minimum atomic E-state index is -0.688. The van der Waals surface area contributed by atoms with Crippen LogP contribution in [0.2, 0.25) is 0 Å². The number of aromatic nitrogens is 2. The Hall–Kier alpha value is -3.46. The zero-order valence-corrected chi connectivity index (χ0v) is 21.2. The summed E-state index contributed by atoms with van der Waals surface area (Å²) in [6.45, 7) is 3.56. The molecule has 5 rings (SSSR count). The van der Waals surface area contributed by atoms with E-state index in [9.17, 15) is 9.59 Å². The van der Waals surface area contributed by atoms with Gasteiger partial charge in [-0.3, -0.25) is 4.79 Å². The fourth-order valence-electron chi connectivity index (χ4n) is 5.47. The predicted octanol–water partition coefficient (Wildman–Crippen LogP) is 4.36. The van der Waals surface area contributed by atoms with Gasteiger partial charge < -0.3 is 23.7 Å². The van der Waals surface area contributed by atoms with Crippen molar-refractivity contribution in [3.63, 3.8) is 0 Å². The van der Waals surface area contributed by atoms with E-state index in [1.165, 1.54) is 6.07 Å². The van der Waals surface area contributed by atoms with Crippen molar-refractivity contribution in [2.45, 2.75) is 44.7 Å². The quantitative estimate of drug-likeness (QED) is 0.397. The summed E-state index contributed by atoms with van der Waals surface area (Å²) < 4.78 is 33.8. The first-order chi connectivity index (χ1) is 18.0. The van der Waals surface area contributed by atoms with Crippen molar-refractivity contribution >= 4 is 22.6 Å². The Bertz CT molecular complexity index is 1320. The lowest BCUT2D eigenvalue weighted by molar-refractivity contribution is 0.0521. The summed E-state index contributed by atoms with van der Waals surface area (Å²) >= 11 is 0. The summed E-state index contributed by atoms with van der Waals surface area (Å²) in [6, 6.07) is 8.56. The molecule has 1 aromatic carbocycles. The molecule has 8 nitrogen and oxygen atoms in total. The van der Waals surface area contributed by atoms with E-state index >= 15 is 4.39 Å². The third-order valence-electron chi connectivity index (χ3n) is 7.35. The van der Waals surface area contributed by atoms with Crippen LogP contribution in [0, 0.1) is 11.7 Å². The number of hydrogen-bond acceptors (Lipinski definition) is 7. The van der Waals surface area contributed by atoms with E-state index in [2.05, 4.69) is 4.98 Å². The standard InChI is InChI=1S/C28H32FN3O5/c1-3-36-28(34)22-15-32(20-11-18(12-20)16-35-2)24-14-25(23(29)13-21(24)27(22)33)31-10-6-7-19(31)17-37-26-8-4-5-9-30-26/h4-5,8-9,13-15,18-20H,3,6-7,10-12,16-17H2,1-2H3/t18?,19-,20?/m1/s1. The largest absolute Gasteiger partial charge is 0.475 e. The van der Waals surface area contributed by atoms with Crippen molar-refractivity contribution in [3.8, 4) is 5.88 Å². The molecule has 0 unspecified atom stereocenters. The van der Waals surface area contributed by atoms with E-state index in [0.29, 0.717) is 42.8 Å². The molecule has 2 fully saturated rings. The number of methoxy groups -OCH3 is 1. The van der Waals surface area contributed by atoms with Gasteiger partial charge in [0.15, 0.2) is 0 Å². The van der Waals surface area contributed by atoms with Crippen LogP contribution in [0.4, 0.5) is 10.1 Å². The van der Waals surface area contributed by atoms with Gasteiger partial charge in [0.1, 0.15) is 18.0 Å². The van der Waals surface area contributed by atoms with Crippen molar-refractivity contribution in [3.05, 3.63) is 64.3 Å². The summed E-state index contributed by atoms with van der Waals surface area (Å²) in [4.78, 5) is 32.1. The molecule has 37 heavy (non-hydrogen) atoms. The fraction of sp³-hybridized carbons (Fsp3) is 0.464. The van der Waals surface area contributed by atoms with E-state index < -0.39 is 17.2 Å². The third kappa shape index (κ3) is 5.05. The van der Waals surface area contributed by atoms with E-state index in [-0.39, 0.29) is 29.6 Å². The number of ether oxygens (including phenoxy) is 3.